The second-order valence-corrected chi connectivity index (χ2v) is 6.87. The lowest BCUT2D eigenvalue weighted by Gasteiger charge is -2.16. The molecule has 136 valence electrons. The summed E-state index contributed by atoms with van der Waals surface area (Å²) in [5.41, 5.74) is 1.88. The van der Waals surface area contributed by atoms with E-state index in [1.54, 1.807) is 23.5 Å². The molecule has 25 heavy (non-hydrogen) atoms. The number of amides is 1. The Labute approximate surface area is 153 Å². The van der Waals surface area contributed by atoms with E-state index in [1.165, 1.54) is 12.1 Å². The largest absolute Gasteiger partial charge is 0.349 e. The number of hydrogen-bond acceptors (Lipinski definition) is 4. The van der Waals surface area contributed by atoms with E-state index in [2.05, 4.69) is 34.4 Å². The second-order valence-electron chi connectivity index (χ2n) is 5.92. The van der Waals surface area contributed by atoms with E-state index in [9.17, 15) is 9.18 Å². The number of benzene rings is 1. The van der Waals surface area contributed by atoms with E-state index in [1.807, 2.05) is 6.92 Å². The van der Waals surface area contributed by atoms with E-state index in [0.717, 1.165) is 35.9 Å². The highest BCUT2D eigenvalue weighted by Gasteiger charge is 2.19. The molecule has 0 aliphatic carbocycles. The van der Waals surface area contributed by atoms with Crippen LogP contribution in [-0.4, -0.2) is 28.9 Å². The molecule has 6 heteroatoms. The van der Waals surface area contributed by atoms with E-state index in [0.29, 0.717) is 13.0 Å². The van der Waals surface area contributed by atoms with Crippen molar-refractivity contribution in [3.8, 4) is 0 Å². The minimum absolute atomic E-state index is 0.0467. The Morgan fingerprint density at radius 1 is 1.24 bits per heavy atom. The number of thiazole rings is 1. The second kappa shape index (κ2) is 9.63. The van der Waals surface area contributed by atoms with Crippen molar-refractivity contribution in [2.24, 2.45) is 0 Å². The van der Waals surface area contributed by atoms with Gasteiger partial charge in [0.2, 0.25) is 5.91 Å². The van der Waals surface area contributed by atoms with E-state index < -0.39 is 0 Å². The quantitative estimate of drug-likeness (QED) is 0.734. The van der Waals surface area contributed by atoms with Crippen LogP contribution in [0.4, 0.5) is 4.39 Å². The molecular formula is C19H26FN3OS. The summed E-state index contributed by atoms with van der Waals surface area (Å²) in [6.45, 7) is 9.49. The van der Waals surface area contributed by atoms with Gasteiger partial charge in [-0.15, -0.1) is 11.3 Å². The topological polar surface area (TPSA) is 45.2 Å². The van der Waals surface area contributed by atoms with Crippen molar-refractivity contribution in [3.63, 3.8) is 0 Å². The molecule has 0 aliphatic heterocycles. The predicted octanol–water partition coefficient (Wildman–Crippen LogP) is 3.93. The van der Waals surface area contributed by atoms with Gasteiger partial charge in [-0.3, -0.25) is 9.69 Å². The Morgan fingerprint density at radius 2 is 1.92 bits per heavy atom. The van der Waals surface area contributed by atoms with Crippen LogP contribution in [0.2, 0.25) is 0 Å². The normalized spacial score (nSPS) is 12.4. The molecule has 4 nitrogen and oxygen atoms in total. The number of carbonyl (C=O) groups excluding carboxylic acids is 1. The zero-order chi connectivity index (χ0) is 18.2. The van der Waals surface area contributed by atoms with Gasteiger partial charge in [0.15, 0.2) is 0 Å². The number of nitrogens with zero attached hydrogens (tertiary/aromatic N) is 2. The van der Waals surface area contributed by atoms with Gasteiger partial charge in [0.05, 0.1) is 18.2 Å². The van der Waals surface area contributed by atoms with E-state index >= 15 is 0 Å². The SMILES string of the molecule is CCC(C(=O)NCc1nc(CN(CC)CC)cs1)c1ccc(F)cc1. The zero-order valence-electron chi connectivity index (χ0n) is 15.1. The molecule has 2 aromatic rings. The fourth-order valence-electron chi connectivity index (χ4n) is 2.73. The van der Waals surface area contributed by atoms with Crippen molar-refractivity contribution >= 4 is 17.2 Å². The van der Waals surface area contributed by atoms with E-state index in [-0.39, 0.29) is 17.6 Å². The first-order valence-corrected chi connectivity index (χ1v) is 9.64. The number of halogens is 1. The summed E-state index contributed by atoms with van der Waals surface area (Å²) in [5.74, 6) is -0.604. The molecule has 0 spiro atoms. The molecule has 1 amide bonds. The number of nitrogens with one attached hydrogen (secondary N) is 1. The Hall–Kier alpha value is -1.79. The highest BCUT2D eigenvalue weighted by Crippen LogP contribution is 2.20. The lowest BCUT2D eigenvalue weighted by Crippen LogP contribution is -2.28. The van der Waals surface area contributed by atoms with Crippen LogP contribution in [0.25, 0.3) is 0 Å². The standard InChI is InChI=1S/C19H26FN3OS/c1-4-17(14-7-9-15(20)10-8-14)19(24)21-11-18-22-16(13-25-18)12-23(5-2)6-3/h7-10,13,17H,4-6,11-12H2,1-3H3,(H,21,24). The van der Waals surface area contributed by atoms with Gasteiger partial charge >= 0.3 is 0 Å². The van der Waals surface area contributed by atoms with Crippen LogP contribution in [0.1, 0.15) is 49.4 Å². The van der Waals surface area contributed by atoms with Gasteiger partial charge < -0.3 is 5.32 Å². The van der Waals surface area contributed by atoms with Crippen molar-refractivity contribution in [2.75, 3.05) is 13.1 Å². The molecule has 1 N–H and O–H groups in total. The average molecular weight is 364 g/mol. The summed E-state index contributed by atoms with van der Waals surface area (Å²) in [6, 6.07) is 6.14. The van der Waals surface area contributed by atoms with Crippen LogP contribution in [0, 0.1) is 5.82 Å². The summed E-state index contributed by atoms with van der Waals surface area (Å²) in [5, 5.41) is 5.92. The summed E-state index contributed by atoms with van der Waals surface area (Å²) >= 11 is 1.57. The molecule has 1 aromatic heterocycles. The molecule has 1 atom stereocenters. The molecule has 0 bridgehead atoms. The average Bonchev–Trinajstić information content (AvgIpc) is 3.07. The monoisotopic (exact) mass is 363 g/mol. The first-order valence-electron chi connectivity index (χ1n) is 8.76. The maximum absolute atomic E-state index is 13.1. The molecule has 0 saturated heterocycles. The smallest absolute Gasteiger partial charge is 0.227 e. The van der Waals surface area contributed by atoms with Crippen molar-refractivity contribution < 1.29 is 9.18 Å². The van der Waals surface area contributed by atoms with Gasteiger partial charge in [-0.1, -0.05) is 32.9 Å². The molecule has 1 unspecified atom stereocenters. The number of hydrogen-bond donors (Lipinski definition) is 1. The van der Waals surface area contributed by atoms with Crippen molar-refractivity contribution in [1.82, 2.24) is 15.2 Å². The lowest BCUT2D eigenvalue weighted by molar-refractivity contribution is -0.122. The highest BCUT2D eigenvalue weighted by molar-refractivity contribution is 7.09. The Balaban J connectivity index is 1.92. The third kappa shape index (κ3) is 5.61. The molecule has 0 aliphatic rings. The van der Waals surface area contributed by atoms with Gasteiger partial charge in [-0.25, -0.2) is 9.37 Å². The molecule has 1 heterocycles. The van der Waals surface area contributed by atoms with Gasteiger partial charge in [-0.2, -0.15) is 0 Å². The minimum atomic E-state index is -0.289. The lowest BCUT2D eigenvalue weighted by atomic mass is 9.95. The van der Waals surface area contributed by atoms with Crippen LogP contribution in [0.15, 0.2) is 29.6 Å². The Kier molecular flexibility index (Phi) is 7.52. The number of aromatic nitrogens is 1. The van der Waals surface area contributed by atoms with Gasteiger partial charge in [0.1, 0.15) is 10.8 Å². The van der Waals surface area contributed by atoms with Crippen molar-refractivity contribution in [2.45, 2.75) is 46.2 Å². The van der Waals surface area contributed by atoms with Crippen LogP contribution < -0.4 is 5.32 Å². The predicted molar refractivity (Wildman–Crippen MR) is 100 cm³/mol. The Bertz CT molecular complexity index is 668. The number of rotatable bonds is 9. The van der Waals surface area contributed by atoms with Crippen LogP contribution in [0.3, 0.4) is 0 Å². The van der Waals surface area contributed by atoms with Crippen LogP contribution in [-0.2, 0) is 17.9 Å². The Morgan fingerprint density at radius 3 is 2.52 bits per heavy atom. The fourth-order valence-corrected chi connectivity index (χ4v) is 3.46. The maximum atomic E-state index is 13.1. The summed E-state index contributed by atoms with van der Waals surface area (Å²) in [7, 11) is 0. The molecule has 1 aromatic carbocycles. The first-order chi connectivity index (χ1) is 12.1. The van der Waals surface area contributed by atoms with E-state index in [4.69, 9.17) is 0 Å². The maximum Gasteiger partial charge on any atom is 0.227 e. The van der Waals surface area contributed by atoms with Crippen molar-refractivity contribution in [1.29, 1.82) is 0 Å². The van der Waals surface area contributed by atoms with Crippen molar-refractivity contribution in [3.05, 3.63) is 51.7 Å². The van der Waals surface area contributed by atoms with Gasteiger partial charge in [0, 0.05) is 11.9 Å². The summed E-state index contributed by atoms with van der Waals surface area (Å²) in [4.78, 5) is 19.4. The molecule has 0 saturated carbocycles. The van der Waals surface area contributed by atoms with Crippen LogP contribution >= 0.6 is 11.3 Å². The third-order valence-corrected chi connectivity index (χ3v) is 5.19. The fraction of sp³-hybridized carbons (Fsp3) is 0.474. The zero-order valence-corrected chi connectivity index (χ0v) is 15.9. The summed E-state index contributed by atoms with van der Waals surface area (Å²) < 4.78 is 13.1. The molecule has 2 rings (SSSR count). The van der Waals surface area contributed by atoms with Crippen LogP contribution in [0.5, 0.6) is 0 Å². The minimum Gasteiger partial charge on any atom is -0.349 e. The highest BCUT2D eigenvalue weighted by atomic mass is 32.1. The van der Waals surface area contributed by atoms with Gasteiger partial charge in [0.25, 0.3) is 0 Å². The molecule has 0 radical (unpaired) electrons. The molecular weight excluding hydrogens is 337 g/mol. The first kappa shape index (κ1) is 19.5. The number of carbonyl (C=O) groups is 1. The molecule has 0 fully saturated rings. The van der Waals surface area contributed by atoms with Gasteiger partial charge in [-0.05, 0) is 37.2 Å². The summed E-state index contributed by atoms with van der Waals surface area (Å²) in [6.07, 6.45) is 0.669. The third-order valence-electron chi connectivity index (χ3n) is 4.29.